The number of hydrogen-bond acceptors (Lipinski definition) is 4. The molecule has 0 radical (unpaired) electrons. The van der Waals surface area contributed by atoms with Gasteiger partial charge in [0, 0.05) is 19.6 Å². The predicted octanol–water partition coefficient (Wildman–Crippen LogP) is 2.07. The van der Waals surface area contributed by atoms with Crippen LogP contribution in [0.3, 0.4) is 0 Å². The highest BCUT2D eigenvalue weighted by molar-refractivity contribution is 7.79. The molecule has 1 N–H and O–H groups in total. The van der Waals surface area contributed by atoms with Gasteiger partial charge in [0.2, 0.25) is 0 Å². The van der Waals surface area contributed by atoms with Crippen LogP contribution in [0.1, 0.15) is 17.2 Å². The first-order chi connectivity index (χ1) is 8.20. The molecule has 17 heavy (non-hydrogen) atoms. The molecule has 2 rings (SSSR count). The van der Waals surface area contributed by atoms with E-state index in [0.29, 0.717) is 5.75 Å². The monoisotopic (exact) mass is 251 g/mol. The summed E-state index contributed by atoms with van der Waals surface area (Å²) in [6.07, 6.45) is 0.0827. The summed E-state index contributed by atoms with van der Waals surface area (Å²) in [6, 6.07) is 5.43. The van der Waals surface area contributed by atoms with Crippen LogP contribution in [0.5, 0.6) is 5.75 Å². The van der Waals surface area contributed by atoms with E-state index in [-0.39, 0.29) is 6.10 Å². The van der Waals surface area contributed by atoms with E-state index in [0.717, 1.165) is 37.4 Å². The molecule has 0 amide bonds. The summed E-state index contributed by atoms with van der Waals surface area (Å²) in [5.74, 6) is 0.304. The third kappa shape index (κ3) is 3.03. The molecule has 0 aromatic heterocycles. The van der Waals surface area contributed by atoms with Gasteiger partial charge in [-0.15, -0.1) is 0 Å². The van der Waals surface area contributed by atoms with Crippen molar-refractivity contribution in [3.8, 4) is 5.75 Å². The Bertz CT molecular complexity index is 408. The van der Waals surface area contributed by atoms with Crippen molar-refractivity contribution in [3.05, 3.63) is 29.3 Å². The minimum Gasteiger partial charge on any atom is -0.508 e. The van der Waals surface area contributed by atoms with E-state index in [1.54, 1.807) is 17.5 Å². The molecule has 0 bridgehead atoms. The molecule has 1 atom stereocenters. The van der Waals surface area contributed by atoms with Crippen LogP contribution in [0, 0.1) is 6.92 Å². The predicted molar refractivity (Wildman–Crippen MR) is 71.6 cm³/mol. The highest BCUT2D eigenvalue weighted by Crippen LogP contribution is 2.27. The second kappa shape index (κ2) is 5.58. The van der Waals surface area contributed by atoms with Gasteiger partial charge in [0.05, 0.1) is 12.7 Å². The van der Waals surface area contributed by atoms with Gasteiger partial charge in [0.1, 0.15) is 5.75 Å². The van der Waals surface area contributed by atoms with Crippen LogP contribution in [0.15, 0.2) is 18.2 Å². The average Bonchev–Trinajstić information content (AvgIpc) is 2.29. The molecule has 1 fully saturated rings. The Morgan fingerprint density at radius 3 is 3.12 bits per heavy atom. The van der Waals surface area contributed by atoms with Gasteiger partial charge in [-0.1, -0.05) is 18.3 Å². The molecule has 1 heterocycles. The maximum absolute atomic E-state index is 9.40. The Morgan fingerprint density at radius 1 is 1.59 bits per heavy atom. The molecular weight excluding hydrogens is 234 g/mol. The van der Waals surface area contributed by atoms with Crippen molar-refractivity contribution in [3.63, 3.8) is 0 Å². The zero-order valence-corrected chi connectivity index (χ0v) is 10.7. The summed E-state index contributed by atoms with van der Waals surface area (Å²) in [4.78, 5) is 2.29. The highest BCUT2D eigenvalue weighted by Gasteiger charge is 2.22. The van der Waals surface area contributed by atoms with Crippen LogP contribution in [0.4, 0.5) is 0 Å². The molecule has 1 unspecified atom stereocenters. The molecule has 1 aliphatic rings. The van der Waals surface area contributed by atoms with Crippen molar-refractivity contribution in [1.82, 2.24) is 4.90 Å². The van der Waals surface area contributed by atoms with Crippen molar-refractivity contribution in [1.29, 1.82) is 0 Å². The second-order valence-corrected chi connectivity index (χ2v) is 4.66. The zero-order valence-electron chi connectivity index (χ0n) is 9.93. The lowest BCUT2D eigenvalue weighted by Gasteiger charge is -2.32. The lowest BCUT2D eigenvalue weighted by molar-refractivity contribution is -0.0245. The quantitative estimate of drug-likeness (QED) is 0.834. The number of phenolic OH excluding ortho intramolecular Hbond substituents is 1. The number of phenols is 1. The minimum absolute atomic E-state index is 0.0827. The van der Waals surface area contributed by atoms with Crippen LogP contribution < -0.4 is 0 Å². The van der Waals surface area contributed by atoms with Gasteiger partial charge >= 0.3 is 0 Å². The number of nitrogens with zero attached hydrogens (tertiary/aromatic N) is 1. The Morgan fingerprint density at radius 2 is 2.41 bits per heavy atom. The van der Waals surface area contributed by atoms with E-state index in [9.17, 15) is 5.11 Å². The number of thiocarbonyl (C=S) groups is 1. The molecule has 1 aromatic carbocycles. The van der Waals surface area contributed by atoms with Crippen LogP contribution in [-0.4, -0.2) is 41.6 Å². The third-order valence-corrected chi connectivity index (χ3v) is 3.23. The van der Waals surface area contributed by atoms with E-state index in [4.69, 9.17) is 17.0 Å². The smallest absolute Gasteiger partial charge is 0.115 e. The van der Waals surface area contributed by atoms with Crippen molar-refractivity contribution in [2.75, 3.05) is 26.2 Å². The molecule has 1 aliphatic heterocycles. The summed E-state index contributed by atoms with van der Waals surface area (Å²) >= 11 is 4.89. The maximum Gasteiger partial charge on any atom is 0.115 e. The van der Waals surface area contributed by atoms with E-state index < -0.39 is 0 Å². The molecule has 0 saturated carbocycles. The standard InChI is InChI=1S/C13H17NO2S/c1-10-8-11(15)2-3-12(10)13-9-14(5-7-17)4-6-16-13/h2-3,7-8,13,15H,4-6,9H2,1H3. The van der Waals surface area contributed by atoms with E-state index in [1.165, 1.54) is 0 Å². The summed E-state index contributed by atoms with van der Waals surface area (Å²) < 4.78 is 5.79. The van der Waals surface area contributed by atoms with Gasteiger partial charge in [-0.25, -0.2) is 0 Å². The SMILES string of the molecule is Cc1cc(O)ccc1C1CN(CC=S)CCO1. The fourth-order valence-corrected chi connectivity index (χ4v) is 2.39. The van der Waals surface area contributed by atoms with E-state index >= 15 is 0 Å². The molecule has 4 heteroatoms. The zero-order chi connectivity index (χ0) is 12.3. The topological polar surface area (TPSA) is 32.7 Å². The highest BCUT2D eigenvalue weighted by atomic mass is 32.1. The van der Waals surface area contributed by atoms with Gasteiger partial charge in [-0.3, -0.25) is 4.90 Å². The van der Waals surface area contributed by atoms with Gasteiger partial charge in [-0.2, -0.15) is 0 Å². The average molecular weight is 251 g/mol. The normalized spacial score (nSPS) is 21.4. The Labute approximate surface area is 107 Å². The fourth-order valence-electron chi connectivity index (χ4n) is 2.18. The first kappa shape index (κ1) is 12.5. The number of benzene rings is 1. The number of hydrogen-bond donors (Lipinski definition) is 1. The Hall–Kier alpha value is -0.970. The lowest BCUT2D eigenvalue weighted by atomic mass is 10.0. The number of rotatable bonds is 3. The first-order valence-corrected chi connectivity index (χ1v) is 6.25. The summed E-state index contributed by atoms with van der Waals surface area (Å²) in [5.41, 5.74) is 2.22. The summed E-state index contributed by atoms with van der Waals surface area (Å²) in [6.45, 7) is 5.34. The Kier molecular flexibility index (Phi) is 4.10. The molecule has 3 nitrogen and oxygen atoms in total. The molecule has 1 aromatic rings. The van der Waals surface area contributed by atoms with Crippen LogP contribution >= 0.6 is 12.2 Å². The first-order valence-electron chi connectivity index (χ1n) is 5.78. The number of ether oxygens (including phenoxy) is 1. The second-order valence-electron chi connectivity index (χ2n) is 4.33. The van der Waals surface area contributed by atoms with Crippen molar-refractivity contribution < 1.29 is 9.84 Å². The van der Waals surface area contributed by atoms with E-state index in [1.807, 2.05) is 13.0 Å². The molecule has 1 saturated heterocycles. The Balaban J connectivity index is 2.13. The minimum atomic E-state index is 0.0827. The van der Waals surface area contributed by atoms with Crippen molar-refractivity contribution in [2.24, 2.45) is 0 Å². The van der Waals surface area contributed by atoms with Crippen LogP contribution in [-0.2, 0) is 4.74 Å². The number of aromatic hydroxyl groups is 1. The third-order valence-electron chi connectivity index (χ3n) is 3.08. The van der Waals surface area contributed by atoms with Crippen LogP contribution in [0.2, 0.25) is 0 Å². The molecule has 0 aliphatic carbocycles. The maximum atomic E-state index is 9.40. The lowest BCUT2D eigenvalue weighted by Crippen LogP contribution is -2.39. The van der Waals surface area contributed by atoms with Crippen molar-refractivity contribution >= 4 is 17.6 Å². The number of aryl methyl sites for hydroxylation is 1. The molecular formula is C13H17NO2S. The van der Waals surface area contributed by atoms with Gasteiger partial charge in [0.25, 0.3) is 0 Å². The van der Waals surface area contributed by atoms with Gasteiger partial charge in [-0.05, 0) is 35.6 Å². The van der Waals surface area contributed by atoms with Gasteiger partial charge < -0.3 is 9.84 Å². The summed E-state index contributed by atoms with van der Waals surface area (Å²) in [7, 11) is 0. The largest absolute Gasteiger partial charge is 0.508 e. The fraction of sp³-hybridized carbons (Fsp3) is 0.462. The van der Waals surface area contributed by atoms with Crippen molar-refractivity contribution in [2.45, 2.75) is 13.0 Å². The molecule has 92 valence electrons. The van der Waals surface area contributed by atoms with Gasteiger partial charge in [0.15, 0.2) is 0 Å². The molecule has 0 spiro atoms. The summed E-state index contributed by atoms with van der Waals surface area (Å²) in [5, 5.41) is 11.2. The van der Waals surface area contributed by atoms with E-state index in [2.05, 4.69) is 4.90 Å². The van der Waals surface area contributed by atoms with Crippen LogP contribution in [0.25, 0.3) is 0 Å². The number of morpholine rings is 1.